The Labute approximate surface area is 281 Å². The lowest BCUT2D eigenvalue weighted by Gasteiger charge is -2.46. The topological polar surface area (TPSA) is 83.5 Å². The highest BCUT2D eigenvalue weighted by Crippen LogP contribution is 2.47. The normalized spacial score (nSPS) is 31.8. The first-order valence-corrected chi connectivity index (χ1v) is 18.5. The number of anilines is 1. The summed E-state index contributed by atoms with van der Waals surface area (Å²) in [6.45, 7) is 8.25. The maximum absolute atomic E-state index is 13.5. The third kappa shape index (κ3) is 6.77. The van der Waals surface area contributed by atoms with Gasteiger partial charge in [0.15, 0.2) is 0 Å². The Kier molecular flexibility index (Phi) is 9.91. The second-order valence-corrected chi connectivity index (χ2v) is 16.3. The lowest BCUT2D eigenvalue weighted by Crippen LogP contribution is -2.50. The van der Waals surface area contributed by atoms with E-state index in [1.807, 2.05) is 51.0 Å². The SMILES string of the molecule is C/C(=N\OC1CCCC(C)C(C)S(=O)NC(=O)c2ccc3c(c2)N(CC2CCC21)C[C@@]1(CCCc2cc(Cl)ccc21)CO3)N(C)C. The molecular weight excluding hydrogens is 620 g/mol. The summed E-state index contributed by atoms with van der Waals surface area (Å²) in [5.74, 6) is 2.30. The molecule has 0 radical (unpaired) electrons. The number of hydrogen-bond acceptors (Lipinski definition) is 6. The van der Waals surface area contributed by atoms with Crippen molar-refractivity contribution in [3.05, 3.63) is 58.1 Å². The molecule has 2 aliphatic carbocycles. The van der Waals surface area contributed by atoms with Crippen molar-refractivity contribution in [2.45, 2.75) is 88.9 Å². The van der Waals surface area contributed by atoms with Crippen LogP contribution in [-0.4, -0.2) is 66.0 Å². The molecule has 4 aliphatic rings. The maximum Gasteiger partial charge on any atom is 0.263 e. The number of amidine groups is 1. The van der Waals surface area contributed by atoms with E-state index in [2.05, 4.69) is 33.8 Å². The molecule has 1 amide bonds. The number of carbonyl (C=O) groups excluding carboxylic acids is 1. The molecule has 250 valence electrons. The quantitative estimate of drug-likeness (QED) is 0.217. The summed E-state index contributed by atoms with van der Waals surface area (Å²) < 4.78 is 22.8. The number of rotatable bonds is 2. The predicted octanol–water partition coefficient (Wildman–Crippen LogP) is 6.72. The van der Waals surface area contributed by atoms with Gasteiger partial charge in [-0.05, 0) is 119 Å². The zero-order chi connectivity index (χ0) is 32.6. The first-order valence-electron chi connectivity index (χ1n) is 16.9. The molecule has 2 aliphatic heterocycles. The molecule has 1 N–H and O–H groups in total. The molecule has 1 fully saturated rings. The van der Waals surface area contributed by atoms with Gasteiger partial charge in [0.2, 0.25) is 0 Å². The zero-order valence-electron chi connectivity index (χ0n) is 27.9. The van der Waals surface area contributed by atoms with Crippen molar-refractivity contribution < 1.29 is 18.6 Å². The molecule has 0 aromatic heterocycles. The first-order chi connectivity index (χ1) is 22.0. The molecule has 6 unspecified atom stereocenters. The van der Waals surface area contributed by atoms with E-state index in [0.717, 1.165) is 86.8 Å². The van der Waals surface area contributed by atoms with Crippen LogP contribution in [0.25, 0.3) is 0 Å². The molecule has 1 spiro atoms. The van der Waals surface area contributed by atoms with E-state index >= 15 is 0 Å². The number of halogens is 1. The van der Waals surface area contributed by atoms with E-state index < -0.39 is 11.0 Å². The molecule has 1 saturated carbocycles. The number of amides is 1. The Morgan fingerprint density at radius 2 is 1.96 bits per heavy atom. The highest BCUT2D eigenvalue weighted by molar-refractivity contribution is 7.84. The van der Waals surface area contributed by atoms with Crippen LogP contribution in [0.5, 0.6) is 5.75 Å². The summed E-state index contributed by atoms with van der Waals surface area (Å²) >= 11 is 6.46. The lowest BCUT2D eigenvalue weighted by atomic mass is 9.68. The fourth-order valence-electron chi connectivity index (χ4n) is 7.75. The summed E-state index contributed by atoms with van der Waals surface area (Å²) in [5, 5.41) is 5.14. The average molecular weight is 669 g/mol. The van der Waals surface area contributed by atoms with Gasteiger partial charge in [0.05, 0.1) is 17.5 Å². The Hall–Kier alpha value is -2.78. The van der Waals surface area contributed by atoms with Gasteiger partial charge in [0, 0.05) is 49.1 Å². The standard InChI is InChI=1S/C36H49ClN4O4S/c1-23-8-6-10-33(45-38-25(3)40(4)5)30-14-11-28(30)20-41-21-36(17-7-9-26-18-29(37)13-15-31(26)36)22-44-34-16-12-27(19-32(34)41)35(42)39-46(43)24(23)2/h12-13,15-16,18-19,23-24,28,30,33H,6-11,14,17,20-22H2,1-5H3,(H,39,42)/b38-25+/t23?,24?,28?,30?,33?,36-,46?/m0/s1. The van der Waals surface area contributed by atoms with Crippen LogP contribution in [0.1, 0.15) is 87.2 Å². The number of nitrogens with one attached hydrogen (secondary N) is 1. The van der Waals surface area contributed by atoms with Crippen LogP contribution in [-0.2, 0) is 27.7 Å². The Morgan fingerprint density at radius 3 is 2.72 bits per heavy atom. The van der Waals surface area contributed by atoms with Crippen molar-refractivity contribution in [3.8, 4) is 5.75 Å². The summed E-state index contributed by atoms with van der Waals surface area (Å²) in [6, 6.07) is 12.0. The van der Waals surface area contributed by atoms with Crippen molar-refractivity contribution in [3.63, 3.8) is 0 Å². The number of hydrogen-bond donors (Lipinski definition) is 1. The van der Waals surface area contributed by atoms with Crippen LogP contribution in [0.3, 0.4) is 0 Å². The van der Waals surface area contributed by atoms with Crippen LogP contribution < -0.4 is 14.4 Å². The van der Waals surface area contributed by atoms with Crippen LogP contribution >= 0.6 is 11.6 Å². The van der Waals surface area contributed by atoms with Crippen molar-refractivity contribution in [2.24, 2.45) is 22.9 Å². The van der Waals surface area contributed by atoms with E-state index in [1.165, 1.54) is 11.1 Å². The number of nitrogens with zero attached hydrogens (tertiary/aromatic N) is 3. The summed E-state index contributed by atoms with van der Waals surface area (Å²) in [5.41, 5.74) is 3.85. The second-order valence-electron chi connectivity index (χ2n) is 14.3. The monoisotopic (exact) mass is 668 g/mol. The lowest BCUT2D eigenvalue weighted by molar-refractivity contribution is -0.0469. The van der Waals surface area contributed by atoms with Gasteiger partial charge in [-0.15, -0.1) is 0 Å². The van der Waals surface area contributed by atoms with Crippen LogP contribution in [0, 0.1) is 17.8 Å². The van der Waals surface area contributed by atoms with Crippen molar-refractivity contribution >= 4 is 40.0 Å². The molecule has 2 aromatic rings. The van der Waals surface area contributed by atoms with Crippen molar-refractivity contribution in [2.75, 3.05) is 38.7 Å². The molecule has 2 heterocycles. The fourth-order valence-corrected chi connectivity index (χ4v) is 8.99. The number of aryl methyl sites for hydroxylation is 1. The largest absolute Gasteiger partial charge is 0.490 e. The first kappa shape index (κ1) is 33.1. The Bertz CT molecular complexity index is 1500. The Morgan fingerprint density at radius 1 is 1.13 bits per heavy atom. The zero-order valence-corrected chi connectivity index (χ0v) is 29.5. The summed E-state index contributed by atoms with van der Waals surface area (Å²) in [6.07, 6.45) is 8.09. The molecule has 10 heteroatoms. The molecule has 0 saturated heterocycles. The third-order valence-electron chi connectivity index (χ3n) is 11.2. The number of carbonyl (C=O) groups is 1. The fraction of sp³-hybridized carbons (Fsp3) is 0.611. The van der Waals surface area contributed by atoms with Gasteiger partial charge in [-0.3, -0.25) is 9.52 Å². The van der Waals surface area contributed by atoms with Crippen LogP contribution in [0.2, 0.25) is 5.02 Å². The van der Waals surface area contributed by atoms with Crippen molar-refractivity contribution in [1.29, 1.82) is 0 Å². The minimum absolute atomic E-state index is 0.00908. The predicted molar refractivity (Wildman–Crippen MR) is 186 cm³/mol. The maximum atomic E-state index is 13.5. The van der Waals surface area contributed by atoms with Gasteiger partial charge in [-0.25, -0.2) is 4.21 Å². The van der Waals surface area contributed by atoms with Gasteiger partial charge < -0.3 is 19.4 Å². The van der Waals surface area contributed by atoms with E-state index in [-0.39, 0.29) is 28.6 Å². The van der Waals surface area contributed by atoms with E-state index in [1.54, 1.807) is 6.07 Å². The molecule has 6 rings (SSSR count). The molecule has 46 heavy (non-hydrogen) atoms. The molecular formula is C36H49ClN4O4S. The number of benzene rings is 2. The molecule has 2 aromatic carbocycles. The van der Waals surface area contributed by atoms with E-state index in [9.17, 15) is 9.00 Å². The molecule has 7 atom stereocenters. The summed E-state index contributed by atoms with van der Waals surface area (Å²) in [4.78, 5) is 24.3. The van der Waals surface area contributed by atoms with E-state index in [0.29, 0.717) is 24.0 Å². The highest BCUT2D eigenvalue weighted by Gasteiger charge is 2.45. The summed E-state index contributed by atoms with van der Waals surface area (Å²) in [7, 11) is 2.46. The minimum Gasteiger partial charge on any atom is -0.490 e. The van der Waals surface area contributed by atoms with Gasteiger partial charge in [-0.1, -0.05) is 29.7 Å². The van der Waals surface area contributed by atoms with Gasteiger partial charge >= 0.3 is 0 Å². The van der Waals surface area contributed by atoms with Gasteiger partial charge in [0.25, 0.3) is 5.91 Å². The number of ether oxygens (including phenoxy) is 1. The van der Waals surface area contributed by atoms with Crippen molar-refractivity contribution in [1.82, 2.24) is 9.62 Å². The number of fused-ring (bicyclic) bond motifs is 4. The van der Waals surface area contributed by atoms with E-state index in [4.69, 9.17) is 21.2 Å². The van der Waals surface area contributed by atoms with Crippen LogP contribution in [0.15, 0.2) is 41.6 Å². The van der Waals surface area contributed by atoms with Gasteiger partial charge in [0.1, 0.15) is 28.7 Å². The van der Waals surface area contributed by atoms with Crippen LogP contribution in [0.4, 0.5) is 5.69 Å². The smallest absolute Gasteiger partial charge is 0.263 e. The minimum atomic E-state index is -1.51. The highest BCUT2D eigenvalue weighted by atomic mass is 35.5. The van der Waals surface area contributed by atoms with Gasteiger partial charge in [-0.2, -0.15) is 0 Å². The number of oxime groups is 1. The average Bonchev–Trinajstić information content (AvgIpc) is 3.17. The molecule has 2 bridgehead atoms. The Balaban J connectivity index is 1.39. The third-order valence-corrected chi connectivity index (χ3v) is 12.9. The molecule has 8 nitrogen and oxygen atoms in total. The second kappa shape index (κ2) is 13.8.